The maximum Gasteiger partial charge on any atom is 0.432 e. The molecular weight excluding hydrogens is 291 g/mol. The van der Waals surface area contributed by atoms with Crippen molar-refractivity contribution in [3.8, 4) is 0 Å². The van der Waals surface area contributed by atoms with Crippen molar-refractivity contribution >= 4 is 17.6 Å². The summed E-state index contributed by atoms with van der Waals surface area (Å²) in [6.45, 7) is 1.11. The van der Waals surface area contributed by atoms with Crippen LogP contribution < -0.4 is 4.90 Å². The fourth-order valence-corrected chi connectivity index (χ4v) is 1.80. The Bertz CT molecular complexity index is 551. The van der Waals surface area contributed by atoms with Crippen LogP contribution in [0.4, 0.5) is 18.9 Å². The van der Waals surface area contributed by atoms with Gasteiger partial charge in [-0.2, -0.15) is 13.2 Å². The molecule has 0 atom stereocenters. The summed E-state index contributed by atoms with van der Waals surface area (Å²) in [7, 11) is 0. The number of aliphatic carboxylic acids is 2. The lowest BCUT2D eigenvalue weighted by Crippen LogP contribution is -2.36. The summed E-state index contributed by atoms with van der Waals surface area (Å²) in [5.74, 6) is -4.30. The Morgan fingerprint density at radius 1 is 1.10 bits per heavy atom. The number of rotatable bonds is 5. The van der Waals surface area contributed by atoms with Gasteiger partial charge in [-0.3, -0.25) is 0 Å². The number of halogens is 3. The van der Waals surface area contributed by atoms with Crippen molar-refractivity contribution in [2.24, 2.45) is 0 Å². The van der Waals surface area contributed by atoms with Crippen LogP contribution in [-0.2, 0) is 9.59 Å². The molecule has 8 heteroatoms. The fraction of sp³-hybridized carbons (Fsp3) is 0.231. The van der Waals surface area contributed by atoms with E-state index in [0.29, 0.717) is 4.90 Å². The minimum atomic E-state index is -5.13. The number of benzene rings is 1. The van der Waals surface area contributed by atoms with Crippen LogP contribution in [0.1, 0.15) is 6.92 Å². The van der Waals surface area contributed by atoms with Crippen LogP contribution in [0, 0.1) is 0 Å². The fourth-order valence-electron chi connectivity index (χ4n) is 1.80. The normalized spacial score (nSPS) is 10.9. The Hall–Kier alpha value is -2.51. The van der Waals surface area contributed by atoms with Gasteiger partial charge in [0, 0.05) is 12.2 Å². The Morgan fingerprint density at radius 2 is 1.57 bits per heavy atom. The summed E-state index contributed by atoms with van der Waals surface area (Å²) >= 11 is 0. The number of hydrogen-bond acceptors (Lipinski definition) is 3. The largest absolute Gasteiger partial charge is 0.477 e. The molecule has 0 fully saturated rings. The molecule has 0 aliphatic heterocycles. The van der Waals surface area contributed by atoms with Gasteiger partial charge in [0.1, 0.15) is 5.70 Å². The lowest BCUT2D eigenvalue weighted by Gasteiger charge is -2.28. The van der Waals surface area contributed by atoms with Gasteiger partial charge in [-0.05, 0) is 19.1 Å². The Balaban J connectivity index is 3.61. The SMILES string of the molecule is CCN(C(=C(C(=O)O)C(=O)O)C(F)(F)F)c1ccccc1. The number of carboxylic acid groups (broad SMARTS) is 2. The van der Waals surface area contributed by atoms with E-state index in [4.69, 9.17) is 10.2 Å². The minimum absolute atomic E-state index is 0.0484. The van der Waals surface area contributed by atoms with Crippen molar-refractivity contribution in [3.05, 3.63) is 41.6 Å². The third-order valence-electron chi connectivity index (χ3n) is 2.59. The average Bonchev–Trinajstić information content (AvgIpc) is 2.37. The van der Waals surface area contributed by atoms with Gasteiger partial charge >= 0.3 is 18.1 Å². The number of allylic oxidation sites excluding steroid dienone is 1. The van der Waals surface area contributed by atoms with Crippen LogP contribution >= 0.6 is 0 Å². The number of hydrogen-bond donors (Lipinski definition) is 2. The van der Waals surface area contributed by atoms with Gasteiger partial charge in [0.05, 0.1) is 0 Å². The van der Waals surface area contributed by atoms with Crippen molar-refractivity contribution in [1.82, 2.24) is 0 Å². The van der Waals surface area contributed by atoms with Gasteiger partial charge in [0.15, 0.2) is 5.57 Å². The van der Waals surface area contributed by atoms with Crippen molar-refractivity contribution in [1.29, 1.82) is 0 Å². The first-order valence-corrected chi connectivity index (χ1v) is 5.80. The zero-order valence-electron chi connectivity index (χ0n) is 10.9. The number of para-hydroxylation sites is 1. The van der Waals surface area contributed by atoms with Crippen molar-refractivity contribution < 1.29 is 33.0 Å². The molecule has 0 radical (unpaired) electrons. The van der Waals surface area contributed by atoms with Crippen molar-refractivity contribution in [2.45, 2.75) is 13.1 Å². The molecule has 1 aromatic carbocycles. The summed E-state index contributed by atoms with van der Waals surface area (Å²) in [6, 6.07) is 7.16. The molecule has 0 amide bonds. The number of anilines is 1. The monoisotopic (exact) mass is 303 g/mol. The van der Waals surface area contributed by atoms with Crippen LogP contribution in [0.5, 0.6) is 0 Å². The van der Waals surface area contributed by atoms with Crippen LogP contribution in [-0.4, -0.2) is 34.9 Å². The smallest absolute Gasteiger partial charge is 0.432 e. The summed E-state index contributed by atoms with van der Waals surface area (Å²) in [4.78, 5) is 22.4. The second-order valence-electron chi connectivity index (χ2n) is 3.91. The van der Waals surface area contributed by atoms with E-state index < -0.39 is 29.4 Å². The molecule has 0 saturated heterocycles. The lowest BCUT2D eigenvalue weighted by atomic mass is 10.1. The second kappa shape index (κ2) is 6.29. The first-order valence-electron chi connectivity index (χ1n) is 5.80. The molecule has 0 bridgehead atoms. The Morgan fingerprint density at radius 3 is 1.90 bits per heavy atom. The number of carbonyl (C=O) groups is 2. The van der Waals surface area contributed by atoms with Crippen LogP contribution in [0.3, 0.4) is 0 Å². The predicted molar refractivity (Wildman–Crippen MR) is 67.8 cm³/mol. The molecule has 21 heavy (non-hydrogen) atoms. The zero-order chi connectivity index (χ0) is 16.2. The predicted octanol–water partition coefficient (Wildman–Crippen LogP) is 2.50. The highest BCUT2D eigenvalue weighted by Gasteiger charge is 2.44. The molecule has 0 aliphatic carbocycles. The maximum atomic E-state index is 13.2. The quantitative estimate of drug-likeness (QED) is 0.496. The average molecular weight is 303 g/mol. The molecule has 0 aliphatic rings. The molecular formula is C13H12F3NO4. The van der Waals surface area contributed by atoms with E-state index in [1.54, 1.807) is 6.07 Å². The third kappa shape index (κ3) is 3.74. The van der Waals surface area contributed by atoms with Crippen LogP contribution in [0.25, 0.3) is 0 Å². The molecule has 114 valence electrons. The van der Waals surface area contributed by atoms with E-state index in [0.717, 1.165) is 0 Å². The van der Waals surface area contributed by atoms with Gasteiger partial charge in [-0.25, -0.2) is 9.59 Å². The third-order valence-corrected chi connectivity index (χ3v) is 2.59. The highest BCUT2D eigenvalue weighted by atomic mass is 19.4. The highest BCUT2D eigenvalue weighted by Crippen LogP contribution is 2.34. The van der Waals surface area contributed by atoms with E-state index in [9.17, 15) is 22.8 Å². The summed E-state index contributed by atoms with van der Waals surface area (Å²) < 4.78 is 39.6. The minimum Gasteiger partial charge on any atom is -0.477 e. The van der Waals surface area contributed by atoms with E-state index in [-0.39, 0.29) is 12.2 Å². The molecule has 0 spiro atoms. The molecule has 1 aromatic rings. The molecule has 5 nitrogen and oxygen atoms in total. The van der Waals surface area contributed by atoms with Gasteiger partial charge in [-0.15, -0.1) is 0 Å². The zero-order valence-corrected chi connectivity index (χ0v) is 10.9. The van der Waals surface area contributed by atoms with Gasteiger partial charge in [0.25, 0.3) is 0 Å². The molecule has 0 saturated carbocycles. The van der Waals surface area contributed by atoms with Crippen molar-refractivity contribution in [3.63, 3.8) is 0 Å². The van der Waals surface area contributed by atoms with Gasteiger partial charge in [0.2, 0.25) is 0 Å². The molecule has 2 N–H and O–H groups in total. The van der Waals surface area contributed by atoms with Crippen LogP contribution in [0.2, 0.25) is 0 Å². The van der Waals surface area contributed by atoms with E-state index >= 15 is 0 Å². The van der Waals surface area contributed by atoms with Crippen LogP contribution in [0.15, 0.2) is 41.6 Å². The number of carboxylic acids is 2. The molecule has 0 aromatic heterocycles. The second-order valence-corrected chi connectivity index (χ2v) is 3.91. The molecule has 0 unspecified atom stereocenters. The summed E-state index contributed by atoms with van der Waals surface area (Å²) in [5, 5.41) is 17.6. The highest BCUT2D eigenvalue weighted by molar-refractivity contribution is 6.13. The standard InChI is InChI=1S/C13H12F3NO4/c1-2-17(8-6-4-3-5-7-8)10(13(14,15)16)9(11(18)19)12(20)21/h3-7H,2H2,1H3,(H,18,19)(H,20,21). The lowest BCUT2D eigenvalue weighted by molar-refractivity contribution is -0.142. The maximum absolute atomic E-state index is 13.2. The van der Waals surface area contributed by atoms with E-state index in [1.807, 2.05) is 0 Å². The molecule has 1 rings (SSSR count). The number of nitrogens with zero attached hydrogens (tertiary/aromatic N) is 1. The summed E-state index contributed by atoms with van der Waals surface area (Å²) in [5.41, 5.74) is -3.38. The summed E-state index contributed by atoms with van der Waals surface area (Å²) in [6.07, 6.45) is -5.13. The number of alkyl halides is 3. The van der Waals surface area contributed by atoms with Crippen molar-refractivity contribution in [2.75, 3.05) is 11.4 Å². The first kappa shape index (κ1) is 16.5. The van der Waals surface area contributed by atoms with E-state index in [1.165, 1.54) is 31.2 Å². The van der Waals surface area contributed by atoms with E-state index in [2.05, 4.69) is 0 Å². The first-order chi connectivity index (χ1) is 9.70. The van der Waals surface area contributed by atoms with Gasteiger partial charge < -0.3 is 15.1 Å². The molecule has 0 heterocycles. The Kier molecular flexibility index (Phi) is 4.96. The van der Waals surface area contributed by atoms with Gasteiger partial charge in [-0.1, -0.05) is 18.2 Å². The topological polar surface area (TPSA) is 77.8 Å². The Labute approximate surface area is 117 Å².